The summed E-state index contributed by atoms with van der Waals surface area (Å²) in [5.41, 5.74) is 2.99. The lowest BCUT2D eigenvalue weighted by Crippen LogP contribution is -2.23. The van der Waals surface area contributed by atoms with Crippen molar-refractivity contribution in [3.63, 3.8) is 0 Å². The minimum Gasteiger partial charge on any atom is -0.346 e. The molecule has 4 rings (SSSR count). The van der Waals surface area contributed by atoms with Gasteiger partial charge < -0.3 is 5.32 Å². The number of fused-ring (bicyclic) bond motifs is 1. The Morgan fingerprint density at radius 1 is 1.25 bits per heavy atom. The van der Waals surface area contributed by atoms with E-state index in [2.05, 4.69) is 25.4 Å². The first kappa shape index (κ1) is 14.5. The van der Waals surface area contributed by atoms with Crippen LogP contribution in [0.4, 0.5) is 0 Å². The molecule has 4 heterocycles. The van der Waals surface area contributed by atoms with Gasteiger partial charge in [0.15, 0.2) is 0 Å². The Morgan fingerprint density at radius 3 is 3.08 bits per heavy atom. The Morgan fingerprint density at radius 2 is 2.21 bits per heavy atom. The van der Waals surface area contributed by atoms with Crippen molar-refractivity contribution in [1.82, 2.24) is 29.9 Å². The summed E-state index contributed by atoms with van der Waals surface area (Å²) in [5.74, 6) is -0.146. The van der Waals surface area contributed by atoms with Crippen LogP contribution in [0.2, 0.25) is 0 Å². The Hall–Kier alpha value is -3.13. The minimum absolute atomic E-state index is 0.146. The maximum Gasteiger partial charge on any atom is 0.251 e. The Bertz CT molecular complexity index is 994. The quantitative estimate of drug-likeness (QED) is 0.617. The summed E-state index contributed by atoms with van der Waals surface area (Å²) in [6, 6.07) is 5.39. The number of pyridine rings is 1. The number of amides is 1. The summed E-state index contributed by atoms with van der Waals surface area (Å²) < 4.78 is 1.71. The van der Waals surface area contributed by atoms with Crippen LogP contribution in [0, 0.1) is 0 Å². The summed E-state index contributed by atoms with van der Waals surface area (Å²) in [7, 11) is 0. The number of carbonyl (C=O) groups is 1. The van der Waals surface area contributed by atoms with Crippen molar-refractivity contribution >= 4 is 22.8 Å². The van der Waals surface area contributed by atoms with Gasteiger partial charge in [0, 0.05) is 35.7 Å². The third-order valence-corrected chi connectivity index (χ3v) is 4.34. The van der Waals surface area contributed by atoms with Gasteiger partial charge in [0.1, 0.15) is 10.7 Å². The first-order valence-electron chi connectivity index (χ1n) is 7.22. The fourth-order valence-electron chi connectivity index (χ4n) is 2.25. The predicted molar refractivity (Wildman–Crippen MR) is 89.5 cm³/mol. The van der Waals surface area contributed by atoms with Crippen LogP contribution in [0.15, 0.2) is 54.6 Å². The standard InChI is InChI=1S/C16H12N6OS/c23-15(11-2-6-22-13(7-11)1-3-20-22)19-8-12-10-24-16(21-12)14-9-17-4-5-18-14/h1-7,9-10H,8H2,(H,19,23). The molecule has 0 bridgehead atoms. The molecule has 0 radical (unpaired) electrons. The summed E-state index contributed by atoms with van der Waals surface area (Å²) in [6.07, 6.45) is 8.38. The molecule has 4 aromatic rings. The fourth-order valence-corrected chi connectivity index (χ4v) is 3.03. The average Bonchev–Trinajstić information content (AvgIpc) is 3.29. The lowest BCUT2D eigenvalue weighted by atomic mass is 10.2. The summed E-state index contributed by atoms with van der Waals surface area (Å²) in [4.78, 5) is 25.0. The average molecular weight is 336 g/mol. The largest absolute Gasteiger partial charge is 0.346 e. The van der Waals surface area contributed by atoms with Gasteiger partial charge in [0.25, 0.3) is 5.91 Å². The van der Waals surface area contributed by atoms with Gasteiger partial charge in [-0.1, -0.05) is 0 Å². The monoisotopic (exact) mass is 336 g/mol. The van der Waals surface area contributed by atoms with Gasteiger partial charge in [-0.3, -0.25) is 14.8 Å². The molecule has 0 saturated carbocycles. The zero-order chi connectivity index (χ0) is 16.4. The highest BCUT2D eigenvalue weighted by molar-refractivity contribution is 7.13. The third-order valence-electron chi connectivity index (χ3n) is 3.43. The topological polar surface area (TPSA) is 85.1 Å². The van der Waals surface area contributed by atoms with E-state index in [-0.39, 0.29) is 5.91 Å². The number of carbonyl (C=O) groups excluding carboxylic acids is 1. The van der Waals surface area contributed by atoms with Crippen LogP contribution in [-0.4, -0.2) is 30.5 Å². The van der Waals surface area contributed by atoms with Gasteiger partial charge in [0.05, 0.1) is 24.0 Å². The van der Waals surface area contributed by atoms with E-state index >= 15 is 0 Å². The number of nitrogens with zero attached hydrogens (tertiary/aromatic N) is 5. The lowest BCUT2D eigenvalue weighted by Gasteiger charge is -2.04. The van der Waals surface area contributed by atoms with E-state index in [4.69, 9.17) is 0 Å². The molecule has 7 nitrogen and oxygen atoms in total. The van der Waals surface area contributed by atoms with Crippen molar-refractivity contribution in [2.45, 2.75) is 6.54 Å². The molecule has 1 amide bonds. The SMILES string of the molecule is O=C(NCc1csc(-c2cnccn2)n1)c1ccn2nccc2c1. The van der Waals surface area contributed by atoms with E-state index in [9.17, 15) is 4.79 Å². The van der Waals surface area contributed by atoms with E-state index < -0.39 is 0 Å². The molecule has 118 valence electrons. The highest BCUT2D eigenvalue weighted by atomic mass is 32.1. The van der Waals surface area contributed by atoms with Crippen LogP contribution < -0.4 is 5.32 Å². The lowest BCUT2D eigenvalue weighted by molar-refractivity contribution is 0.0950. The molecule has 0 aliphatic rings. The maximum atomic E-state index is 12.3. The molecule has 0 fully saturated rings. The first-order chi connectivity index (χ1) is 11.8. The molecule has 0 unspecified atom stereocenters. The van der Waals surface area contributed by atoms with Gasteiger partial charge in [-0.15, -0.1) is 11.3 Å². The molecule has 0 aliphatic heterocycles. The van der Waals surface area contributed by atoms with Gasteiger partial charge in [-0.25, -0.2) is 9.50 Å². The molecule has 0 atom stereocenters. The minimum atomic E-state index is -0.146. The van der Waals surface area contributed by atoms with Crippen LogP contribution in [0.3, 0.4) is 0 Å². The second kappa shape index (κ2) is 6.17. The van der Waals surface area contributed by atoms with Crippen LogP contribution in [0.1, 0.15) is 16.1 Å². The normalized spacial score (nSPS) is 10.8. The van der Waals surface area contributed by atoms with Gasteiger partial charge >= 0.3 is 0 Å². The molecule has 0 aliphatic carbocycles. The van der Waals surface area contributed by atoms with E-state index in [0.717, 1.165) is 21.9 Å². The van der Waals surface area contributed by atoms with Gasteiger partial charge in [-0.2, -0.15) is 5.10 Å². The molecule has 24 heavy (non-hydrogen) atoms. The van der Waals surface area contributed by atoms with Gasteiger partial charge in [0.2, 0.25) is 0 Å². The van der Waals surface area contributed by atoms with Crippen molar-refractivity contribution in [3.8, 4) is 10.7 Å². The zero-order valence-corrected chi connectivity index (χ0v) is 13.3. The first-order valence-corrected chi connectivity index (χ1v) is 8.10. The molecule has 0 aromatic carbocycles. The number of rotatable bonds is 4. The molecule has 4 aromatic heterocycles. The highest BCUT2D eigenvalue weighted by Crippen LogP contribution is 2.20. The van der Waals surface area contributed by atoms with E-state index in [0.29, 0.717) is 12.1 Å². The Balaban J connectivity index is 1.45. The van der Waals surface area contributed by atoms with Crippen molar-refractivity contribution in [2.24, 2.45) is 0 Å². The summed E-state index contributed by atoms with van der Waals surface area (Å²) in [6.45, 7) is 0.361. The van der Waals surface area contributed by atoms with Crippen LogP contribution in [0.5, 0.6) is 0 Å². The second-order valence-corrected chi connectivity index (χ2v) is 5.89. The number of nitrogens with one attached hydrogen (secondary N) is 1. The van der Waals surface area contributed by atoms with Gasteiger partial charge in [-0.05, 0) is 18.2 Å². The van der Waals surface area contributed by atoms with E-state index in [1.165, 1.54) is 11.3 Å². The Kier molecular flexibility index (Phi) is 3.72. The van der Waals surface area contributed by atoms with Crippen LogP contribution in [-0.2, 0) is 6.54 Å². The molecule has 0 spiro atoms. The third kappa shape index (κ3) is 2.86. The van der Waals surface area contributed by atoms with E-state index in [1.54, 1.807) is 47.6 Å². The molecular formula is C16H12N6OS. The zero-order valence-electron chi connectivity index (χ0n) is 12.5. The van der Waals surface area contributed by atoms with Crippen molar-refractivity contribution in [1.29, 1.82) is 0 Å². The maximum absolute atomic E-state index is 12.3. The van der Waals surface area contributed by atoms with E-state index in [1.807, 2.05) is 11.4 Å². The smallest absolute Gasteiger partial charge is 0.251 e. The summed E-state index contributed by atoms with van der Waals surface area (Å²) >= 11 is 1.48. The predicted octanol–water partition coefficient (Wildman–Crippen LogP) is 2.18. The van der Waals surface area contributed by atoms with Crippen molar-refractivity contribution in [2.75, 3.05) is 0 Å². The number of hydrogen-bond donors (Lipinski definition) is 1. The number of aromatic nitrogens is 5. The summed E-state index contributed by atoms with van der Waals surface area (Å²) in [5, 5.41) is 9.68. The molecule has 1 N–H and O–H groups in total. The van der Waals surface area contributed by atoms with Crippen LogP contribution in [0.25, 0.3) is 16.2 Å². The Labute approximate surface area is 141 Å². The van der Waals surface area contributed by atoms with Crippen LogP contribution >= 0.6 is 11.3 Å². The van der Waals surface area contributed by atoms with Crippen molar-refractivity contribution in [3.05, 3.63) is 65.8 Å². The second-order valence-electron chi connectivity index (χ2n) is 5.03. The highest BCUT2D eigenvalue weighted by Gasteiger charge is 2.09. The molecule has 0 saturated heterocycles. The molecular weight excluding hydrogens is 324 g/mol. The van der Waals surface area contributed by atoms with Crippen molar-refractivity contribution < 1.29 is 4.79 Å². The number of thiazole rings is 1. The number of hydrogen-bond acceptors (Lipinski definition) is 6. The fraction of sp³-hybridized carbons (Fsp3) is 0.0625. The molecule has 8 heteroatoms.